The monoisotopic (exact) mass is 219 g/mol. The van der Waals surface area contributed by atoms with Crippen molar-refractivity contribution in [3.63, 3.8) is 0 Å². The van der Waals surface area contributed by atoms with Gasteiger partial charge in [0.1, 0.15) is 0 Å². The fourth-order valence-electron chi connectivity index (χ4n) is 1.38. The second-order valence-electron chi connectivity index (χ2n) is 3.41. The van der Waals surface area contributed by atoms with E-state index in [9.17, 15) is 0 Å². The molecule has 0 saturated heterocycles. The van der Waals surface area contributed by atoms with Crippen molar-refractivity contribution in [3.8, 4) is 0 Å². The molecule has 2 aromatic rings. The lowest BCUT2D eigenvalue weighted by Crippen LogP contribution is -2.04. The van der Waals surface area contributed by atoms with Gasteiger partial charge in [0.15, 0.2) is 0 Å². The third-order valence-electron chi connectivity index (χ3n) is 1.98. The Labute approximate surface area is 93.2 Å². The van der Waals surface area contributed by atoms with Crippen molar-refractivity contribution < 1.29 is 0 Å². The third kappa shape index (κ3) is 2.76. The zero-order valence-electron chi connectivity index (χ0n) is 8.82. The number of nitrogens with one attached hydrogen (secondary N) is 1. The predicted molar refractivity (Wildman–Crippen MR) is 63.2 cm³/mol. The molecule has 0 atom stereocenters. The molecule has 3 nitrogen and oxygen atoms in total. The zero-order chi connectivity index (χ0) is 10.7. The Morgan fingerprint density at radius 2 is 2.00 bits per heavy atom. The molecule has 2 heterocycles. The molecule has 0 spiro atoms. The van der Waals surface area contributed by atoms with Gasteiger partial charge in [0.25, 0.3) is 0 Å². The first kappa shape index (κ1) is 10.1. The Morgan fingerprint density at radius 3 is 2.60 bits per heavy atom. The van der Waals surface area contributed by atoms with Crippen molar-refractivity contribution in [2.24, 2.45) is 0 Å². The minimum Gasteiger partial charge on any atom is -0.349 e. The van der Waals surface area contributed by atoms with Crippen molar-refractivity contribution in [1.82, 2.24) is 9.97 Å². The van der Waals surface area contributed by atoms with Gasteiger partial charge in [-0.05, 0) is 31.4 Å². The van der Waals surface area contributed by atoms with Crippen molar-refractivity contribution in [3.05, 3.63) is 39.8 Å². The predicted octanol–water partition coefficient (Wildman–Crippen LogP) is 2.77. The van der Waals surface area contributed by atoms with E-state index in [0.717, 1.165) is 17.9 Å². The van der Waals surface area contributed by atoms with E-state index >= 15 is 0 Å². The van der Waals surface area contributed by atoms with Crippen LogP contribution in [0.2, 0.25) is 0 Å². The Morgan fingerprint density at radius 1 is 1.27 bits per heavy atom. The molecule has 0 saturated carbocycles. The summed E-state index contributed by atoms with van der Waals surface area (Å²) in [6, 6.07) is 6.11. The summed E-state index contributed by atoms with van der Waals surface area (Å²) >= 11 is 1.73. The number of thiophene rings is 1. The van der Waals surface area contributed by atoms with Gasteiger partial charge in [-0.3, -0.25) is 0 Å². The molecule has 2 aromatic heterocycles. The van der Waals surface area contributed by atoms with E-state index in [1.807, 2.05) is 26.0 Å². The lowest BCUT2D eigenvalue weighted by molar-refractivity contribution is 1.01. The molecular weight excluding hydrogens is 206 g/mol. The number of nitrogens with zero attached hydrogens (tertiary/aromatic N) is 2. The summed E-state index contributed by atoms with van der Waals surface area (Å²) in [6.45, 7) is 4.75. The van der Waals surface area contributed by atoms with E-state index in [1.165, 1.54) is 4.88 Å². The lowest BCUT2D eigenvalue weighted by Gasteiger charge is -2.04. The third-order valence-corrected chi connectivity index (χ3v) is 2.86. The highest BCUT2D eigenvalue weighted by Crippen LogP contribution is 2.11. The first-order valence-corrected chi connectivity index (χ1v) is 5.70. The standard InChI is InChI=1S/C11H13N3S/c1-8-6-9(2)14-11(13-8)12-7-10-4-3-5-15-10/h3-6H,7H2,1-2H3,(H,12,13,14). The van der Waals surface area contributed by atoms with Gasteiger partial charge in [-0.25, -0.2) is 9.97 Å². The smallest absolute Gasteiger partial charge is 0.223 e. The van der Waals surface area contributed by atoms with Gasteiger partial charge >= 0.3 is 0 Å². The summed E-state index contributed by atoms with van der Waals surface area (Å²) in [4.78, 5) is 9.92. The van der Waals surface area contributed by atoms with E-state index in [4.69, 9.17) is 0 Å². The molecule has 0 amide bonds. The molecular formula is C11H13N3S. The first-order chi connectivity index (χ1) is 7.24. The zero-order valence-corrected chi connectivity index (χ0v) is 9.64. The molecule has 0 fully saturated rings. The topological polar surface area (TPSA) is 37.8 Å². The molecule has 1 N–H and O–H groups in total. The van der Waals surface area contributed by atoms with Crippen LogP contribution in [-0.4, -0.2) is 9.97 Å². The summed E-state index contributed by atoms with van der Waals surface area (Å²) in [6.07, 6.45) is 0. The average molecular weight is 219 g/mol. The van der Waals surface area contributed by atoms with Crippen LogP contribution in [0, 0.1) is 13.8 Å². The molecule has 0 aliphatic rings. The molecule has 0 radical (unpaired) electrons. The molecule has 0 aliphatic heterocycles. The summed E-state index contributed by atoms with van der Waals surface area (Å²) in [5.74, 6) is 0.709. The second kappa shape index (κ2) is 4.40. The van der Waals surface area contributed by atoms with Crippen LogP contribution in [0.25, 0.3) is 0 Å². The minimum atomic E-state index is 0.709. The van der Waals surface area contributed by atoms with Crippen LogP contribution in [0.5, 0.6) is 0 Å². The molecule has 0 aliphatic carbocycles. The van der Waals surface area contributed by atoms with Crippen LogP contribution in [0.1, 0.15) is 16.3 Å². The van der Waals surface area contributed by atoms with Crippen LogP contribution in [0.3, 0.4) is 0 Å². The number of hydrogen-bond donors (Lipinski definition) is 1. The van der Waals surface area contributed by atoms with Crippen LogP contribution in [-0.2, 0) is 6.54 Å². The van der Waals surface area contributed by atoms with Crippen LogP contribution in [0.15, 0.2) is 23.6 Å². The first-order valence-electron chi connectivity index (χ1n) is 4.82. The fraction of sp³-hybridized carbons (Fsp3) is 0.273. The number of aromatic nitrogens is 2. The van der Waals surface area contributed by atoms with Crippen LogP contribution in [0.4, 0.5) is 5.95 Å². The minimum absolute atomic E-state index is 0.709. The maximum Gasteiger partial charge on any atom is 0.223 e. The van der Waals surface area contributed by atoms with Gasteiger partial charge in [-0.15, -0.1) is 11.3 Å². The number of anilines is 1. The Bertz CT molecular complexity index is 417. The molecule has 0 aromatic carbocycles. The molecule has 0 bridgehead atoms. The van der Waals surface area contributed by atoms with Gasteiger partial charge in [-0.1, -0.05) is 6.07 Å². The van der Waals surface area contributed by atoms with Crippen molar-refractivity contribution in [1.29, 1.82) is 0 Å². The fourth-order valence-corrected chi connectivity index (χ4v) is 2.03. The van der Waals surface area contributed by atoms with Crippen molar-refractivity contribution in [2.45, 2.75) is 20.4 Å². The lowest BCUT2D eigenvalue weighted by atomic mass is 10.3. The molecule has 4 heteroatoms. The molecule has 78 valence electrons. The largest absolute Gasteiger partial charge is 0.349 e. The van der Waals surface area contributed by atoms with E-state index < -0.39 is 0 Å². The highest BCUT2D eigenvalue weighted by Gasteiger charge is 1.99. The van der Waals surface area contributed by atoms with Crippen molar-refractivity contribution in [2.75, 3.05) is 5.32 Å². The van der Waals surface area contributed by atoms with Gasteiger partial charge in [-0.2, -0.15) is 0 Å². The van der Waals surface area contributed by atoms with E-state index in [2.05, 4.69) is 26.7 Å². The quantitative estimate of drug-likeness (QED) is 0.862. The van der Waals surface area contributed by atoms with E-state index in [-0.39, 0.29) is 0 Å². The maximum atomic E-state index is 4.32. The van der Waals surface area contributed by atoms with Crippen molar-refractivity contribution >= 4 is 17.3 Å². The van der Waals surface area contributed by atoms with Gasteiger partial charge < -0.3 is 5.32 Å². The molecule has 0 unspecified atom stereocenters. The maximum absolute atomic E-state index is 4.32. The van der Waals surface area contributed by atoms with Gasteiger partial charge in [0.05, 0.1) is 6.54 Å². The highest BCUT2D eigenvalue weighted by atomic mass is 32.1. The normalized spacial score (nSPS) is 10.3. The molecule has 15 heavy (non-hydrogen) atoms. The Balaban J connectivity index is 2.05. The summed E-state index contributed by atoms with van der Waals surface area (Å²) in [5.41, 5.74) is 1.99. The number of aryl methyl sites for hydroxylation is 2. The SMILES string of the molecule is Cc1cc(C)nc(NCc2cccs2)n1. The van der Waals surface area contributed by atoms with Crippen LogP contribution >= 0.6 is 11.3 Å². The summed E-state index contributed by atoms with van der Waals surface area (Å²) in [7, 11) is 0. The summed E-state index contributed by atoms with van der Waals surface area (Å²) < 4.78 is 0. The van der Waals surface area contributed by atoms with E-state index in [0.29, 0.717) is 5.95 Å². The molecule has 2 rings (SSSR count). The average Bonchev–Trinajstić information content (AvgIpc) is 2.65. The Kier molecular flexibility index (Phi) is 2.97. The van der Waals surface area contributed by atoms with E-state index in [1.54, 1.807) is 11.3 Å². The van der Waals surface area contributed by atoms with Gasteiger partial charge in [0.2, 0.25) is 5.95 Å². The summed E-state index contributed by atoms with van der Waals surface area (Å²) in [5, 5.41) is 5.29. The second-order valence-corrected chi connectivity index (χ2v) is 4.44. The Hall–Kier alpha value is -1.42. The highest BCUT2D eigenvalue weighted by molar-refractivity contribution is 7.09. The number of hydrogen-bond acceptors (Lipinski definition) is 4. The van der Waals surface area contributed by atoms with Crippen LogP contribution < -0.4 is 5.32 Å². The van der Waals surface area contributed by atoms with Gasteiger partial charge in [0, 0.05) is 16.3 Å². The number of rotatable bonds is 3.